The molecule has 0 radical (unpaired) electrons. The Balaban J connectivity index is 2.38. The first-order valence-corrected chi connectivity index (χ1v) is 8.82. The van der Waals surface area contributed by atoms with Crippen LogP contribution in [-0.4, -0.2) is 56.4 Å². The fourth-order valence-corrected chi connectivity index (χ4v) is 3.07. The Morgan fingerprint density at radius 3 is 1.06 bits per heavy atom. The van der Waals surface area contributed by atoms with Gasteiger partial charge < -0.3 is 0 Å². The van der Waals surface area contributed by atoms with Gasteiger partial charge in [0.25, 0.3) is 0 Å². The van der Waals surface area contributed by atoms with Gasteiger partial charge in [-0.3, -0.25) is 9.98 Å². The number of aliphatic imine (C=N–C) groups is 2. The summed E-state index contributed by atoms with van der Waals surface area (Å²) in [6.45, 7) is 0. The zero-order chi connectivity index (χ0) is 22.8. The van der Waals surface area contributed by atoms with Crippen LogP contribution in [-0.2, 0) is 0 Å². The fourth-order valence-electron chi connectivity index (χ4n) is 3.07. The second-order valence-corrected chi connectivity index (χ2v) is 6.15. The summed E-state index contributed by atoms with van der Waals surface area (Å²) in [6.07, 6.45) is 2.75. The van der Waals surface area contributed by atoms with E-state index in [9.17, 15) is 21.0 Å². The Bertz CT molecular complexity index is 1560. The summed E-state index contributed by atoms with van der Waals surface area (Å²) < 4.78 is 0. The molecular weight excluding hydrogens is 408 g/mol. The second-order valence-electron chi connectivity index (χ2n) is 6.15. The third-order valence-corrected chi connectivity index (χ3v) is 4.34. The molecule has 12 heteroatoms. The average molecular weight is 416 g/mol. The Morgan fingerprint density at radius 1 is 0.500 bits per heavy atom. The maximum Gasteiger partial charge on any atom is 0.177 e. The summed E-state index contributed by atoms with van der Waals surface area (Å²) in [5.74, 6) is 0. The second kappa shape index (κ2) is 7.75. The van der Waals surface area contributed by atoms with E-state index in [4.69, 9.17) is 0 Å². The number of fused-ring (bicyclic) bond motifs is 6. The SMILES string of the molecule is CN=Cc1nc2c(nc1C#N)c1nc(C#N)c(C#N)nc1c1nc(C#N)c(C=NC)nc12. The summed E-state index contributed by atoms with van der Waals surface area (Å²) >= 11 is 0. The molecule has 0 atom stereocenters. The van der Waals surface area contributed by atoms with E-state index in [2.05, 4.69) is 39.9 Å². The van der Waals surface area contributed by atoms with Crippen LogP contribution in [0.15, 0.2) is 9.98 Å². The summed E-state index contributed by atoms with van der Waals surface area (Å²) in [5.41, 5.74) is 0.823. The zero-order valence-electron chi connectivity index (χ0n) is 16.5. The number of hydrogen-bond donors (Lipinski definition) is 0. The molecule has 0 saturated heterocycles. The number of rotatable bonds is 2. The van der Waals surface area contributed by atoms with E-state index >= 15 is 0 Å². The number of aromatic nitrogens is 6. The van der Waals surface area contributed by atoms with Crippen LogP contribution in [0.3, 0.4) is 0 Å². The van der Waals surface area contributed by atoms with Gasteiger partial charge in [0.2, 0.25) is 0 Å². The van der Waals surface area contributed by atoms with E-state index in [0.29, 0.717) is 0 Å². The van der Waals surface area contributed by atoms with E-state index in [1.165, 1.54) is 26.5 Å². The first kappa shape index (κ1) is 19.8. The Labute approximate surface area is 179 Å². The van der Waals surface area contributed by atoms with Crippen molar-refractivity contribution in [1.29, 1.82) is 21.0 Å². The lowest BCUT2D eigenvalue weighted by Gasteiger charge is -2.10. The van der Waals surface area contributed by atoms with Crippen molar-refractivity contribution in [2.24, 2.45) is 9.98 Å². The Morgan fingerprint density at radius 2 is 0.781 bits per heavy atom. The van der Waals surface area contributed by atoms with E-state index in [0.717, 1.165) is 0 Å². The van der Waals surface area contributed by atoms with Crippen molar-refractivity contribution >= 4 is 45.5 Å². The molecule has 0 N–H and O–H groups in total. The summed E-state index contributed by atoms with van der Waals surface area (Å²) in [6, 6.07) is 7.56. The first-order chi connectivity index (χ1) is 15.6. The van der Waals surface area contributed by atoms with Gasteiger partial charge >= 0.3 is 0 Å². The molecule has 3 aromatic heterocycles. The maximum absolute atomic E-state index is 9.53. The molecule has 4 rings (SSSR count). The standard InChI is InChI=1S/C20H8N12/c1-25-7-13-11(5-23)29-17-15-16(28-10(4-22)9(3-21)27-15)18-20(19(17)31-13)32-14(8-26-2)12(6-24)30-18/h7-8H,1-2H3. The molecule has 0 saturated carbocycles. The van der Waals surface area contributed by atoms with Gasteiger partial charge in [0.1, 0.15) is 68.8 Å². The molecule has 0 aliphatic rings. The smallest absolute Gasteiger partial charge is 0.177 e. The van der Waals surface area contributed by atoms with Crippen molar-refractivity contribution < 1.29 is 0 Å². The van der Waals surface area contributed by atoms with Crippen LogP contribution in [0.2, 0.25) is 0 Å². The normalized spacial score (nSPS) is 11.1. The quantitative estimate of drug-likeness (QED) is 0.337. The molecule has 0 aliphatic carbocycles. The zero-order valence-corrected chi connectivity index (χ0v) is 16.5. The highest BCUT2D eigenvalue weighted by Gasteiger charge is 2.22. The molecule has 0 fully saturated rings. The molecule has 32 heavy (non-hydrogen) atoms. The lowest BCUT2D eigenvalue weighted by molar-refractivity contribution is 1.17. The number of benzene rings is 1. The van der Waals surface area contributed by atoms with Crippen LogP contribution in [0.25, 0.3) is 33.1 Å². The van der Waals surface area contributed by atoms with Gasteiger partial charge in [-0.05, 0) is 0 Å². The van der Waals surface area contributed by atoms with Gasteiger partial charge in [0.05, 0.1) is 0 Å². The van der Waals surface area contributed by atoms with E-state index in [-0.39, 0.29) is 67.3 Å². The lowest BCUT2D eigenvalue weighted by atomic mass is 10.1. The van der Waals surface area contributed by atoms with Gasteiger partial charge in [0.15, 0.2) is 22.8 Å². The largest absolute Gasteiger partial charge is 0.294 e. The molecule has 3 heterocycles. The van der Waals surface area contributed by atoms with Crippen LogP contribution in [0.1, 0.15) is 34.2 Å². The molecule has 0 unspecified atom stereocenters. The molecule has 0 amide bonds. The topological polar surface area (TPSA) is 197 Å². The van der Waals surface area contributed by atoms with Crippen LogP contribution in [0.4, 0.5) is 0 Å². The van der Waals surface area contributed by atoms with Crippen molar-refractivity contribution in [2.45, 2.75) is 0 Å². The van der Waals surface area contributed by atoms with Gasteiger partial charge in [-0.1, -0.05) is 0 Å². The van der Waals surface area contributed by atoms with Gasteiger partial charge in [-0.2, -0.15) is 21.0 Å². The number of nitrogens with zero attached hydrogens (tertiary/aromatic N) is 12. The van der Waals surface area contributed by atoms with Crippen molar-refractivity contribution in [3.63, 3.8) is 0 Å². The molecule has 12 nitrogen and oxygen atoms in total. The number of nitriles is 4. The van der Waals surface area contributed by atoms with Crippen LogP contribution in [0.5, 0.6) is 0 Å². The Hall–Kier alpha value is -5.46. The summed E-state index contributed by atoms with van der Waals surface area (Å²) in [5, 5.41) is 37.8. The predicted molar refractivity (Wildman–Crippen MR) is 112 cm³/mol. The van der Waals surface area contributed by atoms with Crippen molar-refractivity contribution in [2.75, 3.05) is 14.1 Å². The minimum atomic E-state index is -0.219. The molecular formula is C20H8N12. The van der Waals surface area contributed by atoms with E-state index in [1.54, 1.807) is 0 Å². The molecule has 0 spiro atoms. The Kier molecular flexibility index (Phi) is 4.81. The monoisotopic (exact) mass is 416 g/mol. The van der Waals surface area contributed by atoms with Gasteiger partial charge in [-0.15, -0.1) is 0 Å². The van der Waals surface area contributed by atoms with E-state index in [1.807, 2.05) is 24.3 Å². The van der Waals surface area contributed by atoms with Crippen molar-refractivity contribution in [3.05, 3.63) is 34.2 Å². The van der Waals surface area contributed by atoms with Gasteiger partial charge in [-0.25, -0.2) is 29.9 Å². The highest BCUT2D eigenvalue weighted by molar-refractivity contribution is 6.18. The third-order valence-electron chi connectivity index (χ3n) is 4.34. The summed E-state index contributed by atoms with van der Waals surface area (Å²) in [7, 11) is 3.04. The highest BCUT2D eigenvalue weighted by atomic mass is 14.9. The minimum absolute atomic E-state index is 0.0228. The molecule has 0 aliphatic heterocycles. The summed E-state index contributed by atoms with van der Waals surface area (Å²) in [4.78, 5) is 34.0. The van der Waals surface area contributed by atoms with Crippen LogP contribution < -0.4 is 0 Å². The van der Waals surface area contributed by atoms with Gasteiger partial charge in [0, 0.05) is 26.5 Å². The fraction of sp³-hybridized carbons (Fsp3) is 0.100. The van der Waals surface area contributed by atoms with E-state index < -0.39 is 0 Å². The molecule has 4 aromatic rings. The van der Waals surface area contributed by atoms with Crippen molar-refractivity contribution in [1.82, 2.24) is 29.9 Å². The lowest BCUT2D eigenvalue weighted by Crippen LogP contribution is -2.06. The van der Waals surface area contributed by atoms with Crippen molar-refractivity contribution in [3.8, 4) is 24.3 Å². The molecule has 0 bridgehead atoms. The average Bonchev–Trinajstić information content (AvgIpc) is 2.83. The minimum Gasteiger partial charge on any atom is -0.294 e. The predicted octanol–water partition coefficient (Wildman–Crippen LogP) is 1.10. The van der Waals surface area contributed by atoms with Crippen LogP contribution >= 0.6 is 0 Å². The highest BCUT2D eigenvalue weighted by Crippen LogP contribution is 2.30. The maximum atomic E-state index is 9.53. The first-order valence-electron chi connectivity index (χ1n) is 8.82. The third kappa shape index (κ3) is 2.89. The number of hydrogen-bond acceptors (Lipinski definition) is 12. The van der Waals surface area contributed by atoms with Crippen LogP contribution in [0, 0.1) is 45.3 Å². The molecule has 148 valence electrons. The molecule has 1 aromatic carbocycles.